The van der Waals surface area contributed by atoms with E-state index < -0.39 is 11.9 Å². The van der Waals surface area contributed by atoms with E-state index in [2.05, 4.69) is 16.0 Å². The Bertz CT molecular complexity index is 1470. The molecule has 0 bridgehead atoms. The van der Waals surface area contributed by atoms with E-state index in [1.807, 2.05) is 110 Å². The predicted octanol–water partition coefficient (Wildman–Crippen LogP) is 6.21. The first-order valence-electron chi connectivity index (χ1n) is 13.8. The van der Waals surface area contributed by atoms with E-state index in [0.717, 1.165) is 27.9 Å². The Morgan fingerprint density at radius 2 is 1.43 bits per heavy atom. The number of hydrogen-bond acceptors (Lipinski definition) is 4. The summed E-state index contributed by atoms with van der Waals surface area (Å²) < 4.78 is 5.87. The first-order valence-corrected chi connectivity index (χ1v) is 13.8. The van der Waals surface area contributed by atoms with Crippen LogP contribution < -0.4 is 20.7 Å². The van der Waals surface area contributed by atoms with E-state index in [1.165, 1.54) is 0 Å². The zero-order valence-electron chi connectivity index (χ0n) is 23.5. The number of carboxylic acids is 1. The lowest BCUT2D eigenvalue weighted by molar-refractivity contribution is -0.144. The molecule has 0 aliphatic carbocycles. The molecule has 216 valence electrons. The summed E-state index contributed by atoms with van der Waals surface area (Å²) in [4.78, 5) is 36.4. The van der Waals surface area contributed by atoms with Gasteiger partial charge in [0.15, 0.2) is 0 Å². The summed E-state index contributed by atoms with van der Waals surface area (Å²) in [6.45, 7) is 2.76. The van der Waals surface area contributed by atoms with Crippen molar-refractivity contribution < 1.29 is 24.2 Å². The van der Waals surface area contributed by atoms with E-state index in [9.17, 15) is 19.5 Å². The van der Waals surface area contributed by atoms with Gasteiger partial charge in [-0.05, 0) is 65.9 Å². The van der Waals surface area contributed by atoms with Gasteiger partial charge in [-0.25, -0.2) is 4.79 Å². The Balaban J connectivity index is 1.19. The van der Waals surface area contributed by atoms with Gasteiger partial charge in [-0.2, -0.15) is 0 Å². The fourth-order valence-corrected chi connectivity index (χ4v) is 4.38. The molecular formula is C34H35N3O5. The van der Waals surface area contributed by atoms with E-state index >= 15 is 0 Å². The summed E-state index contributed by atoms with van der Waals surface area (Å²) in [5.74, 6) is -1.44. The lowest BCUT2D eigenvalue weighted by Crippen LogP contribution is -2.29. The molecule has 0 aliphatic rings. The van der Waals surface area contributed by atoms with Crippen molar-refractivity contribution in [2.45, 2.75) is 32.7 Å². The number of ether oxygens (including phenoxy) is 1. The Morgan fingerprint density at radius 3 is 2.12 bits per heavy atom. The summed E-state index contributed by atoms with van der Waals surface area (Å²) in [5.41, 5.74) is 5.28. The summed E-state index contributed by atoms with van der Waals surface area (Å²) >= 11 is 0. The lowest BCUT2D eigenvalue weighted by Gasteiger charge is -2.13. The number of anilines is 2. The topological polar surface area (TPSA) is 117 Å². The molecule has 8 nitrogen and oxygen atoms in total. The molecule has 0 spiro atoms. The summed E-state index contributed by atoms with van der Waals surface area (Å²) in [6.07, 6.45) is 0.834. The smallest absolute Gasteiger partial charge is 0.323 e. The highest BCUT2D eigenvalue weighted by Crippen LogP contribution is 2.19. The summed E-state index contributed by atoms with van der Waals surface area (Å²) in [7, 11) is 0. The monoisotopic (exact) mass is 565 g/mol. The van der Waals surface area contributed by atoms with Crippen LogP contribution in [0.5, 0.6) is 5.75 Å². The van der Waals surface area contributed by atoms with Crippen LogP contribution >= 0.6 is 0 Å². The number of benzene rings is 4. The summed E-state index contributed by atoms with van der Waals surface area (Å²) in [6, 6.07) is 31.6. The Labute approximate surface area is 245 Å². The molecule has 4 aromatic carbocycles. The first-order chi connectivity index (χ1) is 20.4. The number of nitrogens with one attached hydrogen (secondary N) is 3. The molecule has 0 heterocycles. The second kappa shape index (κ2) is 15.0. The number of carboxylic acid groups (broad SMARTS) is 1. The lowest BCUT2D eigenvalue weighted by atomic mass is 9.96. The van der Waals surface area contributed by atoms with Crippen molar-refractivity contribution in [1.29, 1.82) is 0 Å². The number of aliphatic carboxylic acids is 1. The molecule has 3 amide bonds. The molecule has 0 saturated heterocycles. The maximum atomic E-state index is 12.3. The summed E-state index contributed by atoms with van der Waals surface area (Å²) in [5, 5.41) is 18.1. The van der Waals surface area contributed by atoms with Crippen molar-refractivity contribution in [1.82, 2.24) is 5.32 Å². The van der Waals surface area contributed by atoms with Crippen LogP contribution in [0.2, 0.25) is 0 Å². The maximum absolute atomic E-state index is 12.3. The Hall–Kier alpha value is -5.11. The van der Waals surface area contributed by atoms with Gasteiger partial charge in [0.2, 0.25) is 5.91 Å². The molecule has 0 radical (unpaired) electrons. The van der Waals surface area contributed by atoms with Crippen molar-refractivity contribution in [2.75, 3.05) is 17.2 Å². The molecule has 4 rings (SSSR count). The van der Waals surface area contributed by atoms with Crippen LogP contribution in [-0.4, -0.2) is 29.6 Å². The minimum absolute atomic E-state index is 0.0912. The average Bonchev–Trinajstić information content (AvgIpc) is 2.99. The number of carbonyl (C=O) groups excluding carboxylic acids is 2. The molecule has 0 saturated carbocycles. The molecule has 0 aromatic heterocycles. The minimum Gasteiger partial charge on any atom is -0.493 e. The molecule has 4 N–H and O–H groups in total. The SMILES string of the molecule is Cc1ccccc1NC(=O)Nc1ccc(CCOc2ccc(CC(CC(=O)NCc3ccccc3)C(=O)O)cc2)cc1. The van der Waals surface area contributed by atoms with Gasteiger partial charge in [0.25, 0.3) is 0 Å². The fourth-order valence-electron chi connectivity index (χ4n) is 4.38. The Kier molecular flexibility index (Phi) is 10.7. The van der Waals surface area contributed by atoms with Gasteiger partial charge < -0.3 is 25.8 Å². The zero-order valence-corrected chi connectivity index (χ0v) is 23.5. The standard InChI is InChI=1S/C34H35N3O5/c1-24-7-5-6-10-31(24)37-34(41)36-29-15-11-25(12-16-29)19-20-42-30-17-13-26(14-18-30)21-28(33(39)40)22-32(38)35-23-27-8-3-2-4-9-27/h2-18,28H,19-23H2,1H3,(H,35,38)(H,39,40)(H2,36,37,41). The first kappa shape index (κ1) is 29.9. The zero-order chi connectivity index (χ0) is 29.7. The maximum Gasteiger partial charge on any atom is 0.323 e. The van der Waals surface area contributed by atoms with Crippen LogP contribution in [0.4, 0.5) is 16.2 Å². The highest BCUT2D eigenvalue weighted by molar-refractivity contribution is 6.00. The highest BCUT2D eigenvalue weighted by Gasteiger charge is 2.21. The van der Waals surface area contributed by atoms with E-state index in [1.54, 1.807) is 0 Å². The highest BCUT2D eigenvalue weighted by atomic mass is 16.5. The van der Waals surface area contributed by atoms with Crippen molar-refractivity contribution in [3.8, 4) is 5.75 Å². The van der Waals surface area contributed by atoms with Crippen molar-refractivity contribution in [3.05, 3.63) is 125 Å². The van der Waals surface area contributed by atoms with Gasteiger partial charge in [-0.15, -0.1) is 0 Å². The predicted molar refractivity (Wildman–Crippen MR) is 164 cm³/mol. The second-order valence-corrected chi connectivity index (χ2v) is 10.0. The average molecular weight is 566 g/mol. The number of amides is 3. The second-order valence-electron chi connectivity index (χ2n) is 10.0. The third-order valence-electron chi connectivity index (χ3n) is 6.78. The van der Waals surface area contributed by atoms with Crippen LogP contribution in [0.1, 0.15) is 28.7 Å². The quantitative estimate of drug-likeness (QED) is 0.154. The van der Waals surface area contributed by atoms with Gasteiger partial charge in [0, 0.05) is 30.8 Å². The number of para-hydroxylation sites is 1. The van der Waals surface area contributed by atoms with Crippen LogP contribution in [0.15, 0.2) is 103 Å². The normalized spacial score (nSPS) is 11.3. The molecule has 0 aliphatic heterocycles. The van der Waals surface area contributed by atoms with Crippen LogP contribution in [-0.2, 0) is 29.0 Å². The van der Waals surface area contributed by atoms with E-state index in [4.69, 9.17) is 4.74 Å². The third-order valence-corrected chi connectivity index (χ3v) is 6.78. The number of carbonyl (C=O) groups is 3. The molecule has 0 fully saturated rings. The molecule has 8 heteroatoms. The number of urea groups is 1. The Morgan fingerprint density at radius 1 is 0.762 bits per heavy atom. The van der Waals surface area contributed by atoms with Gasteiger partial charge in [0.05, 0.1) is 12.5 Å². The van der Waals surface area contributed by atoms with Crippen LogP contribution in [0, 0.1) is 12.8 Å². The number of aryl methyl sites for hydroxylation is 1. The van der Waals surface area contributed by atoms with Gasteiger partial charge in [-0.3, -0.25) is 9.59 Å². The van der Waals surface area contributed by atoms with Crippen molar-refractivity contribution in [3.63, 3.8) is 0 Å². The van der Waals surface area contributed by atoms with Crippen molar-refractivity contribution >= 4 is 29.3 Å². The van der Waals surface area contributed by atoms with Crippen LogP contribution in [0.25, 0.3) is 0 Å². The molecular weight excluding hydrogens is 530 g/mol. The van der Waals surface area contributed by atoms with Gasteiger partial charge >= 0.3 is 12.0 Å². The molecule has 42 heavy (non-hydrogen) atoms. The molecule has 1 atom stereocenters. The number of rotatable bonds is 13. The van der Waals surface area contributed by atoms with E-state index in [0.29, 0.717) is 31.0 Å². The van der Waals surface area contributed by atoms with Crippen molar-refractivity contribution in [2.24, 2.45) is 5.92 Å². The largest absolute Gasteiger partial charge is 0.493 e. The number of hydrogen-bond donors (Lipinski definition) is 4. The molecule has 4 aromatic rings. The minimum atomic E-state index is -1.00. The van der Waals surface area contributed by atoms with E-state index in [-0.39, 0.29) is 24.8 Å². The fraction of sp³-hybridized carbons (Fsp3) is 0.206. The van der Waals surface area contributed by atoms with Crippen LogP contribution in [0.3, 0.4) is 0 Å². The third kappa shape index (κ3) is 9.52. The molecule has 1 unspecified atom stereocenters. The van der Waals surface area contributed by atoms with Gasteiger partial charge in [-0.1, -0.05) is 72.8 Å². The van der Waals surface area contributed by atoms with Gasteiger partial charge in [0.1, 0.15) is 5.75 Å².